The first kappa shape index (κ1) is 24.1. The Labute approximate surface area is 197 Å². The van der Waals surface area contributed by atoms with Crippen molar-refractivity contribution in [2.24, 2.45) is 5.73 Å². The molecule has 0 aromatic heterocycles. The zero-order chi connectivity index (χ0) is 24.8. The molecule has 3 N–H and O–H groups in total. The third-order valence-corrected chi connectivity index (χ3v) is 5.45. The standard InChI is InChI=1S/C25H24N4O5/c1-28-19(30)13-15-9-11-17(12-10-15)29-22(25(32)34-3)21(24(31)33-2)20(18(14-26)23(29)27)16-7-5-4-6-8-16/h4-12,20H,13,27H2,1-3H3,(H,28,30). The van der Waals surface area contributed by atoms with Crippen molar-refractivity contribution in [3.05, 3.63) is 88.4 Å². The number of hydrogen-bond donors (Lipinski definition) is 2. The van der Waals surface area contributed by atoms with Crippen LogP contribution in [0.4, 0.5) is 5.69 Å². The molecular weight excluding hydrogens is 436 g/mol. The van der Waals surface area contributed by atoms with E-state index in [4.69, 9.17) is 15.2 Å². The monoisotopic (exact) mass is 460 g/mol. The molecule has 1 atom stereocenters. The molecule has 174 valence electrons. The molecule has 1 heterocycles. The third-order valence-electron chi connectivity index (χ3n) is 5.45. The lowest BCUT2D eigenvalue weighted by Crippen LogP contribution is -2.40. The number of amides is 1. The van der Waals surface area contributed by atoms with E-state index >= 15 is 0 Å². The molecule has 1 unspecified atom stereocenters. The quantitative estimate of drug-likeness (QED) is 0.624. The largest absolute Gasteiger partial charge is 0.466 e. The van der Waals surface area contributed by atoms with Crippen molar-refractivity contribution in [3.63, 3.8) is 0 Å². The summed E-state index contributed by atoms with van der Waals surface area (Å²) in [5.41, 5.74) is 8.01. The second-order valence-corrected chi connectivity index (χ2v) is 7.35. The van der Waals surface area contributed by atoms with Gasteiger partial charge in [-0.2, -0.15) is 5.26 Å². The van der Waals surface area contributed by atoms with Gasteiger partial charge in [-0.1, -0.05) is 42.5 Å². The average Bonchev–Trinajstić information content (AvgIpc) is 2.87. The molecule has 9 nitrogen and oxygen atoms in total. The Bertz CT molecular complexity index is 1210. The third kappa shape index (κ3) is 4.47. The summed E-state index contributed by atoms with van der Waals surface area (Å²) in [4.78, 5) is 39.0. The van der Waals surface area contributed by atoms with Gasteiger partial charge in [0.2, 0.25) is 5.91 Å². The number of likely N-dealkylation sites (N-methyl/N-ethyl adjacent to an activating group) is 1. The normalized spacial score (nSPS) is 15.5. The molecule has 9 heteroatoms. The number of nitrogens with zero attached hydrogens (tertiary/aromatic N) is 2. The van der Waals surface area contributed by atoms with Gasteiger partial charge >= 0.3 is 11.9 Å². The van der Waals surface area contributed by atoms with Gasteiger partial charge in [0, 0.05) is 12.7 Å². The van der Waals surface area contributed by atoms with Gasteiger partial charge in [-0.25, -0.2) is 9.59 Å². The van der Waals surface area contributed by atoms with Crippen LogP contribution in [-0.2, 0) is 30.3 Å². The van der Waals surface area contributed by atoms with Gasteiger partial charge in [-0.15, -0.1) is 0 Å². The number of methoxy groups -OCH3 is 2. The molecule has 0 radical (unpaired) electrons. The summed E-state index contributed by atoms with van der Waals surface area (Å²) in [6.45, 7) is 0. The molecule has 1 amide bonds. The van der Waals surface area contributed by atoms with Crippen LogP contribution in [0.25, 0.3) is 0 Å². The van der Waals surface area contributed by atoms with E-state index in [9.17, 15) is 19.6 Å². The molecule has 0 spiro atoms. The van der Waals surface area contributed by atoms with E-state index in [1.807, 2.05) is 0 Å². The highest BCUT2D eigenvalue weighted by molar-refractivity contribution is 6.06. The second-order valence-electron chi connectivity index (χ2n) is 7.35. The van der Waals surface area contributed by atoms with Crippen molar-refractivity contribution < 1.29 is 23.9 Å². The van der Waals surface area contributed by atoms with Gasteiger partial charge in [-0.05, 0) is 23.3 Å². The molecule has 34 heavy (non-hydrogen) atoms. The first-order valence-electron chi connectivity index (χ1n) is 10.3. The molecule has 1 aliphatic heterocycles. The Morgan fingerprint density at radius 3 is 2.18 bits per heavy atom. The Morgan fingerprint density at radius 1 is 1.03 bits per heavy atom. The lowest BCUT2D eigenvalue weighted by atomic mass is 9.81. The van der Waals surface area contributed by atoms with E-state index in [2.05, 4.69) is 11.4 Å². The Morgan fingerprint density at radius 2 is 1.65 bits per heavy atom. The Kier molecular flexibility index (Phi) is 7.33. The molecule has 2 aromatic carbocycles. The van der Waals surface area contributed by atoms with Crippen molar-refractivity contribution >= 4 is 23.5 Å². The fourth-order valence-corrected chi connectivity index (χ4v) is 3.82. The Balaban J connectivity index is 2.27. The number of carbonyl (C=O) groups excluding carboxylic acids is 3. The molecule has 3 rings (SSSR count). The number of ether oxygens (including phenoxy) is 2. The van der Waals surface area contributed by atoms with Crippen LogP contribution >= 0.6 is 0 Å². The van der Waals surface area contributed by atoms with Gasteiger partial charge in [0.25, 0.3) is 0 Å². The average molecular weight is 460 g/mol. The number of esters is 2. The molecule has 1 aliphatic rings. The zero-order valence-corrected chi connectivity index (χ0v) is 19.0. The second kappa shape index (κ2) is 10.4. The fraction of sp³-hybridized carbons (Fsp3) is 0.200. The van der Waals surface area contributed by atoms with Crippen molar-refractivity contribution in [3.8, 4) is 6.07 Å². The number of nitrogens with two attached hydrogens (primary N) is 1. The molecular formula is C25H24N4O5. The van der Waals surface area contributed by atoms with Gasteiger partial charge in [0.15, 0.2) is 0 Å². The SMILES string of the molecule is CNC(=O)Cc1ccc(N2C(N)=C(C#N)C(c3ccccc3)C(C(=O)OC)=C2C(=O)OC)cc1. The number of anilines is 1. The summed E-state index contributed by atoms with van der Waals surface area (Å²) in [5.74, 6) is -2.74. The first-order valence-corrected chi connectivity index (χ1v) is 10.3. The predicted octanol–water partition coefficient (Wildman–Crippen LogP) is 1.87. The fourth-order valence-electron chi connectivity index (χ4n) is 3.82. The summed E-state index contributed by atoms with van der Waals surface area (Å²) >= 11 is 0. The lowest BCUT2D eigenvalue weighted by molar-refractivity contribution is -0.139. The van der Waals surface area contributed by atoms with Crippen LogP contribution in [0.3, 0.4) is 0 Å². The smallest absolute Gasteiger partial charge is 0.355 e. The van der Waals surface area contributed by atoms with Crippen LogP contribution in [0.5, 0.6) is 0 Å². The van der Waals surface area contributed by atoms with Gasteiger partial charge in [-0.3, -0.25) is 9.69 Å². The number of nitrogens with one attached hydrogen (secondary N) is 1. The minimum atomic E-state index is -0.934. The molecule has 0 saturated heterocycles. The molecule has 0 aliphatic carbocycles. The maximum absolute atomic E-state index is 13.0. The summed E-state index contributed by atoms with van der Waals surface area (Å²) in [5, 5.41) is 12.6. The number of rotatable bonds is 6. The van der Waals surface area contributed by atoms with Crippen molar-refractivity contribution in [1.82, 2.24) is 5.32 Å². The summed E-state index contributed by atoms with van der Waals surface area (Å²) in [7, 11) is 3.92. The predicted molar refractivity (Wildman–Crippen MR) is 124 cm³/mol. The summed E-state index contributed by atoms with van der Waals surface area (Å²) in [6.07, 6.45) is 0.161. The van der Waals surface area contributed by atoms with Gasteiger partial charge < -0.3 is 20.5 Å². The minimum absolute atomic E-state index is 0.0246. The van der Waals surface area contributed by atoms with Gasteiger partial charge in [0.1, 0.15) is 11.5 Å². The molecule has 0 bridgehead atoms. The highest BCUT2D eigenvalue weighted by Crippen LogP contribution is 2.43. The minimum Gasteiger partial charge on any atom is -0.466 e. The van der Waals surface area contributed by atoms with Gasteiger partial charge in [0.05, 0.1) is 43.8 Å². The summed E-state index contributed by atoms with van der Waals surface area (Å²) < 4.78 is 10.0. The highest BCUT2D eigenvalue weighted by Gasteiger charge is 2.42. The van der Waals surface area contributed by atoms with Crippen LogP contribution in [0, 0.1) is 11.3 Å². The number of hydrogen-bond acceptors (Lipinski definition) is 8. The number of nitriles is 1. The molecule has 2 aromatic rings. The maximum atomic E-state index is 13.0. The van der Waals surface area contributed by atoms with Crippen molar-refractivity contribution in [2.45, 2.75) is 12.3 Å². The van der Waals surface area contributed by atoms with E-state index in [-0.39, 0.29) is 35.0 Å². The maximum Gasteiger partial charge on any atom is 0.355 e. The summed E-state index contributed by atoms with van der Waals surface area (Å²) in [6, 6.07) is 17.5. The highest BCUT2D eigenvalue weighted by atomic mass is 16.5. The lowest BCUT2D eigenvalue weighted by Gasteiger charge is -2.35. The van der Waals surface area contributed by atoms with E-state index in [1.54, 1.807) is 61.6 Å². The molecule has 0 saturated carbocycles. The number of allylic oxidation sites excluding steroid dienone is 1. The van der Waals surface area contributed by atoms with Crippen LogP contribution in [0.1, 0.15) is 17.0 Å². The van der Waals surface area contributed by atoms with Crippen LogP contribution in [-0.4, -0.2) is 39.1 Å². The number of carbonyl (C=O) groups is 3. The van der Waals surface area contributed by atoms with Crippen LogP contribution in [0.2, 0.25) is 0 Å². The van der Waals surface area contributed by atoms with Crippen LogP contribution < -0.4 is 16.0 Å². The van der Waals surface area contributed by atoms with E-state index in [0.29, 0.717) is 11.3 Å². The first-order chi connectivity index (χ1) is 16.4. The van der Waals surface area contributed by atoms with Crippen molar-refractivity contribution in [2.75, 3.05) is 26.2 Å². The molecule has 0 fully saturated rings. The van der Waals surface area contributed by atoms with E-state index in [1.165, 1.54) is 19.1 Å². The van der Waals surface area contributed by atoms with Crippen molar-refractivity contribution in [1.29, 1.82) is 5.26 Å². The number of benzene rings is 2. The van der Waals surface area contributed by atoms with E-state index in [0.717, 1.165) is 5.56 Å². The van der Waals surface area contributed by atoms with Crippen LogP contribution in [0.15, 0.2) is 77.3 Å². The topological polar surface area (TPSA) is 135 Å². The van der Waals surface area contributed by atoms with E-state index < -0.39 is 17.9 Å². The Hall–Kier alpha value is -4.58. The zero-order valence-electron chi connectivity index (χ0n) is 19.0.